The first-order valence-electron chi connectivity index (χ1n) is 11.3. The van der Waals surface area contributed by atoms with Gasteiger partial charge >= 0.3 is 12.1 Å². The van der Waals surface area contributed by atoms with E-state index in [-0.39, 0.29) is 49.7 Å². The molecule has 2 fully saturated rings. The zero-order valence-electron chi connectivity index (χ0n) is 19.4. The van der Waals surface area contributed by atoms with Crippen LogP contribution in [0.15, 0.2) is 18.2 Å². The zero-order chi connectivity index (χ0) is 24.2. The van der Waals surface area contributed by atoms with Crippen molar-refractivity contribution in [1.29, 1.82) is 0 Å². The normalized spacial score (nSPS) is 19.3. The number of hydrogen-bond acceptors (Lipinski definition) is 6. The minimum atomic E-state index is -1.27. The Kier molecular flexibility index (Phi) is 7.65. The summed E-state index contributed by atoms with van der Waals surface area (Å²) in [6, 6.07) is 4.29. The van der Waals surface area contributed by atoms with Crippen LogP contribution >= 0.6 is 0 Å². The Morgan fingerprint density at radius 2 is 1.76 bits per heavy atom. The smallest absolute Gasteiger partial charge is 0.407 e. The van der Waals surface area contributed by atoms with E-state index < -0.39 is 17.5 Å². The molecule has 0 aromatic heterocycles. The summed E-state index contributed by atoms with van der Waals surface area (Å²) in [4.78, 5) is 41.0. The van der Waals surface area contributed by atoms with Gasteiger partial charge in [-0.05, 0) is 39.7 Å². The van der Waals surface area contributed by atoms with Gasteiger partial charge in [-0.15, -0.1) is 0 Å². The van der Waals surface area contributed by atoms with Gasteiger partial charge in [0.05, 0.1) is 12.5 Å². The molecular weight excluding hydrogens is 433 g/mol. The highest BCUT2D eigenvalue weighted by Gasteiger charge is 2.36. The molecule has 0 spiro atoms. The van der Waals surface area contributed by atoms with Crippen molar-refractivity contribution >= 4 is 23.7 Å². The fourth-order valence-electron chi connectivity index (χ4n) is 4.27. The average Bonchev–Trinajstić information content (AvgIpc) is 2.78. The number of carbonyl (C=O) groups excluding carboxylic acids is 2. The molecule has 3 rings (SSSR count). The van der Waals surface area contributed by atoms with E-state index in [2.05, 4.69) is 0 Å². The van der Waals surface area contributed by atoms with Crippen LogP contribution in [0.5, 0.6) is 5.75 Å². The molecule has 1 unspecified atom stereocenters. The second-order valence-electron chi connectivity index (χ2n) is 8.86. The highest BCUT2D eigenvalue weighted by atomic mass is 19.1. The maximum atomic E-state index is 14.5. The Hall–Kier alpha value is -3.04. The third kappa shape index (κ3) is 6.06. The van der Waals surface area contributed by atoms with Gasteiger partial charge in [-0.2, -0.15) is 0 Å². The first kappa shape index (κ1) is 24.6. The molecule has 0 radical (unpaired) electrons. The van der Waals surface area contributed by atoms with Crippen LogP contribution in [0.2, 0.25) is 0 Å². The van der Waals surface area contributed by atoms with Gasteiger partial charge in [0.25, 0.3) is 5.91 Å². The van der Waals surface area contributed by atoms with Crippen LogP contribution in [0.1, 0.15) is 33.6 Å². The molecular formula is C23H32FN3O6. The number of ether oxygens (including phenoxy) is 2. The third-order valence-electron chi connectivity index (χ3n) is 5.99. The van der Waals surface area contributed by atoms with Gasteiger partial charge in [-0.3, -0.25) is 9.59 Å². The predicted octanol–water partition coefficient (Wildman–Crippen LogP) is 2.58. The fourth-order valence-corrected chi connectivity index (χ4v) is 4.27. The van der Waals surface area contributed by atoms with E-state index in [0.717, 1.165) is 12.8 Å². The molecule has 2 aliphatic rings. The Labute approximate surface area is 193 Å². The monoisotopic (exact) mass is 465 g/mol. The number of rotatable bonds is 6. The van der Waals surface area contributed by atoms with E-state index in [4.69, 9.17) is 14.6 Å². The Morgan fingerprint density at radius 3 is 2.39 bits per heavy atom. The molecule has 182 valence electrons. The molecule has 2 heterocycles. The Bertz CT molecular complexity index is 885. The third-order valence-corrected chi connectivity index (χ3v) is 5.99. The number of nitrogens with zero attached hydrogens (tertiary/aromatic N) is 3. The number of hydrogen-bond donors (Lipinski definition) is 1. The van der Waals surface area contributed by atoms with E-state index in [9.17, 15) is 18.8 Å². The highest BCUT2D eigenvalue weighted by molar-refractivity contribution is 5.85. The molecule has 1 aromatic rings. The number of carbonyl (C=O) groups is 3. The van der Waals surface area contributed by atoms with Crippen molar-refractivity contribution in [2.75, 3.05) is 50.8 Å². The van der Waals surface area contributed by atoms with Crippen LogP contribution in [-0.4, -0.2) is 84.4 Å². The molecule has 1 aromatic carbocycles. The van der Waals surface area contributed by atoms with E-state index >= 15 is 0 Å². The molecule has 9 nitrogen and oxygen atoms in total. The molecule has 33 heavy (non-hydrogen) atoms. The van der Waals surface area contributed by atoms with Crippen molar-refractivity contribution in [2.45, 2.75) is 39.2 Å². The van der Waals surface area contributed by atoms with Gasteiger partial charge in [-0.25, -0.2) is 9.18 Å². The van der Waals surface area contributed by atoms with Crippen molar-refractivity contribution in [3.05, 3.63) is 24.0 Å². The number of amides is 2. The lowest BCUT2D eigenvalue weighted by Gasteiger charge is -2.38. The number of carboxylic acid groups (broad SMARTS) is 1. The second-order valence-corrected chi connectivity index (χ2v) is 8.86. The predicted molar refractivity (Wildman–Crippen MR) is 119 cm³/mol. The van der Waals surface area contributed by atoms with Crippen LogP contribution in [0.25, 0.3) is 0 Å². The second kappa shape index (κ2) is 10.3. The molecule has 0 aliphatic carbocycles. The lowest BCUT2D eigenvalue weighted by Crippen LogP contribution is -2.56. The summed E-state index contributed by atoms with van der Waals surface area (Å²) < 4.78 is 25.5. The summed E-state index contributed by atoms with van der Waals surface area (Å²) in [6.07, 6.45) is 0.500. The number of piperidine rings is 1. The maximum absolute atomic E-state index is 14.5. The summed E-state index contributed by atoms with van der Waals surface area (Å²) in [7, 11) is 0. The number of halogens is 1. The first-order valence-corrected chi connectivity index (χ1v) is 11.3. The summed E-state index contributed by atoms with van der Waals surface area (Å²) >= 11 is 0. The topological polar surface area (TPSA) is 99.6 Å². The molecule has 2 amide bonds. The largest absolute Gasteiger partial charge is 0.478 e. The van der Waals surface area contributed by atoms with Gasteiger partial charge in [-0.1, -0.05) is 0 Å². The van der Waals surface area contributed by atoms with Crippen molar-refractivity contribution in [3.8, 4) is 5.75 Å². The van der Waals surface area contributed by atoms with Crippen LogP contribution in [-0.2, 0) is 14.3 Å². The standard InChI is InChI=1S/C23H32FN3O6/c1-4-32-20(28)16-6-5-7-27(15-16)18-12-17(24)13-19(14-18)33-23(2,3)21(29)25-8-10-26(11-9-25)22(30)31/h12-14,16H,4-11,15H2,1-3H3,(H,30,31). The lowest BCUT2D eigenvalue weighted by molar-refractivity contribution is -0.148. The summed E-state index contributed by atoms with van der Waals surface area (Å²) in [5.74, 6) is -1.10. The molecule has 10 heteroatoms. The van der Waals surface area contributed by atoms with Crippen molar-refractivity contribution in [1.82, 2.24) is 9.80 Å². The molecule has 2 saturated heterocycles. The van der Waals surface area contributed by atoms with Crippen LogP contribution in [0.4, 0.5) is 14.9 Å². The highest BCUT2D eigenvalue weighted by Crippen LogP contribution is 2.30. The lowest BCUT2D eigenvalue weighted by atomic mass is 9.97. The zero-order valence-corrected chi connectivity index (χ0v) is 19.4. The van der Waals surface area contributed by atoms with E-state index in [1.807, 2.05) is 4.90 Å². The summed E-state index contributed by atoms with van der Waals surface area (Å²) in [5, 5.41) is 9.08. The quantitative estimate of drug-likeness (QED) is 0.645. The number of anilines is 1. The SMILES string of the molecule is CCOC(=O)C1CCCN(c2cc(F)cc(OC(C)(C)C(=O)N3CCN(C(=O)O)CC3)c2)C1. The maximum Gasteiger partial charge on any atom is 0.407 e. The van der Waals surface area contributed by atoms with Gasteiger partial charge in [0.1, 0.15) is 11.6 Å². The van der Waals surface area contributed by atoms with Crippen LogP contribution in [0.3, 0.4) is 0 Å². The molecule has 2 aliphatic heterocycles. The number of piperazine rings is 1. The molecule has 1 N–H and O–H groups in total. The van der Waals surface area contributed by atoms with E-state index in [1.165, 1.54) is 17.0 Å². The van der Waals surface area contributed by atoms with Crippen LogP contribution in [0, 0.1) is 11.7 Å². The van der Waals surface area contributed by atoms with E-state index in [0.29, 0.717) is 25.4 Å². The average molecular weight is 466 g/mol. The summed E-state index contributed by atoms with van der Waals surface area (Å²) in [5.41, 5.74) is -0.691. The van der Waals surface area contributed by atoms with Crippen molar-refractivity contribution < 1.29 is 33.4 Å². The van der Waals surface area contributed by atoms with Gasteiger partial charge in [0.15, 0.2) is 5.60 Å². The molecule has 0 bridgehead atoms. The van der Waals surface area contributed by atoms with Gasteiger partial charge in [0.2, 0.25) is 0 Å². The fraction of sp³-hybridized carbons (Fsp3) is 0.609. The number of esters is 1. The van der Waals surface area contributed by atoms with Crippen LogP contribution < -0.4 is 9.64 Å². The Morgan fingerprint density at radius 1 is 1.09 bits per heavy atom. The first-order chi connectivity index (χ1) is 15.6. The van der Waals surface area contributed by atoms with Crippen molar-refractivity contribution in [3.63, 3.8) is 0 Å². The minimum Gasteiger partial charge on any atom is -0.478 e. The summed E-state index contributed by atoms with van der Waals surface area (Å²) in [6.45, 7) is 7.43. The number of benzene rings is 1. The van der Waals surface area contributed by atoms with Crippen molar-refractivity contribution in [2.24, 2.45) is 5.92 Å². The van der Waals surface area contributed by atoms with Gasteiger partial charge in [0, 0.05) is 57.1 Å². The molecule has 1 atom stereocenters. The molecule has 0 saturated carbocycles. The van der Waals surface area contributed by atoms with Gasteiger partial charge < -0.3 is 29.3 Å². The van der Waals surface area contributed by atoms with E-state index in [1.54, 1.807) is 31.7 Å². The Balaban J connectivity index is 1.69. The minimum absolute atomic E-state index is 0.214.